The molecule has 0 aliphatic heterocycles. The summed E-state index contributed by atoms with van der Waals surface area (Å²) in [5.41, 5.74) is 0.807. The van der Waals surface area contributed by atoms with Crippen molar-refractivity contribution in [2.45, 2.75) is 13.5 Å². The SMILES string of the molecule is Cc1c(CNC(=O)c2ccc(=O)[nH]n2)cccc1[N+](=O)[O-]. The first kappa shape index (κ1) is 14.4. The molecule has 1 heterocycles. The van der Waals surface area contributed by atoms with E-state index in [1.165, 1.54) is 18.2 Å². The highest BCUT2D eigenvalue weighted by atomic mass is 16.6. The summed E-state index contributed by atoms with van der Waals surface area (Å²) in [5.74, 6) is -0.475. The Balaban J connectivity index is 2.11. The van der Waals surface area contributed by atoms with Crippen LogP contribution >= 0.6 is 0 Å². The molecule has 1 amide bonds. The molecule has 0 aliphatic rings. The number of rotatable bonds is 4. The number of nitrogens with zero attached hydrogens (tertiary/aromatic N) is 2. The number of aromatic amines is 1. The molecule has 0 saturated carbocycles. The third-order valence-corrected chi connectivity index (χ3v) is 2.97. The Morgan fingerprint density at radius 1 is 1.38 bits per heavy atom. The third-order valence-electron chi connectivity index (χ3n) is 2.97. The predicted molar refractivity (Wildman–Crippen MR) is 73.9 cm³/mol. The first-order valence-electron chi connectivity index (χ1n) is 6.06. The molecule has 0 fully saturated rings. The maximum Gasteiger partial charge on any atom is 0.272 e. The first-order chi connectivity index (χ1) is 9.99. The van der Waals surface area contributed by atoms with E-state index in [-0.39, 0.29) is 17.9 Å². The van der Waals surface area contributed by atoms with Gasteiger partial charge in [-0.3, -0.25) is 19.7 Å². The molecule has 108 valence electrons. The van der Waals surface area contributed by atoms with Crippen LogP contribution in [0.1, 0.15) is 21.6 Å². The second-order valence-electron chi connectivity index (χ2n) is 4.31. The van der Waals surface area contributed by atoms with Crippen molar-refractivity contribution in [1.29, 1.82) is 0 Å². The van der Waals surface area contributed by atoms with Crippen LogP contribution in [0.3, 0.4) is 0 Å². The molecule has 0 spiro atoms. The Kier molecular flexibility index (Phi) is 4.07. The van der Waals surface area contributed by atoms with E-state index in [0.717, 1.165) is 0 Å². The molecular formula is C13H12N4O4. The van der Waals surface area contributed by atoms with Crippen LogP contribution in [0.15, 0.2) is 35.1 Å². The van der Waals surface area contributed by atoms with E-state index in [9.17, 15) is 19.7 Å². The van der Waals surface area contributed by atoms with Crippen LogP contribution < -0.4 is 10.9 Å². The molecule has 0 aliphatic carbocycles. The van der Waals surface area contributed by atoms with Crippen molar-refractivity contribution in [1.82, 2.24) is 15.5 Å². The summed E-state index contributed by atoms with van der Waals surface area (Å²) >= 11 is 0. The standard InChI is InChI=1S/C13H12N4O4/c1-8-9(3-2-4-11(8)17(20)21)7-14-13(19)10-5-6-12(18)16-15-10/h2-6H,7H2,1H3,(H,14,19)(H,16,18). The summed E-state index contributed by atoms with van der Waals surface area (Å²) in [6, 6.07) is 7.16. The number of carbonyl (C=O) groups excluding carboxylic acids is 1. The zero-order chi connectivity index (χ0) is 15.4. The predicted octanol–water partition coefficient (Wildman–Crippen LogP) is 0.917. The van der Waals surface area contributed by atoms with Crippen molar-refractivity contribution in [3.8, 4) is 0 Å². The van der Waals surface area contributed by atoms with Crippen molar-refractivity contribution in [2.24, 2.45) is 0 Å². The van der Waals surface area contributed by atoms with Gasteiger partial charge in [0.1, 0.15) is 5.69 Å². The average molecular weight is 288 g/mol. The van der Waals surface area contributed by atoms with Gasteiger partial charge in [-0.15, -0.1) is 0 Å². The maximum atomic E-state index is 11.8. The van der Waals surface area contributed by atoms with E-state index in [1.54, 1.807) is 19.1 Å². The number of amides is 1. The molecule has 0 saturated heterocycles. The molecule has 21 heavy (non-hydrogen) atoms. The average Bonchev–Trinajstić information content (AvgIpc) is 2.46. The van der Waals surface area contributed by atoms with Gasteiger partial charge in [-0.25, -0.2) is 5.10 Å². The highest BCUT2D eigenvalue weighted by Crippen LogP contribution is 2.20. The van der Waals surface area contributed by atoms with Crippen LogP contribution in [-0.4, -0.2) is 21.0 Å². The lowest BCUT2D eigenvalue weighted by atomic mass is 10.1. The van der Waals surface area contributed by atoms with Crippen molar-refractivity contribution >= 4 is 11.6 Å². The van der Waals surface area contributed by atoms with Crippen molar-refractivity contribution < 1.29 is 9.72 Å². The quantitative estimate of drug-likeness (QED) is 0.640. The van der Waals surface area contributed by atoms with Gasteiger partial charge in [0.05, 0.1) is 4.92 Å². The van der Waals surface area contributed by atoms with E-state index < -0.39 is 16.4 Å². The van der Waals surface area contributed by atoms with E-state index in [2.05, 4.69) is 15.5 Å². The number of nitro groups is 1. The second kappa shape index (κ2) is 5.95. The van der Waals surface area contributed by atoms with E-state index >= 15 is 0 Å². The van der Waals surface area contributed by atoms with Crippen LogP contribution in [0.2, 0.25) is 0 Å². The zero-order valence-corrected chi connectivity index (χ0v) is 11.1. The minimum atomic E-state index is -0.475. The van der Waals surface area contributed by atoms with Gasteiger partial charge >= 0.3 is 0 Å². The number of nitro benzene ring substituents is 1. The molecule has 1 aromatic carbocycles. The molecule has 8 heteroatoms. The Hall–Kier alpha value is -3.03. The molecule has 1 aromatic heterocycles. The summed E-state index contributed by atoms with van der Waals surface area (Å²) in [6.07, 6.45) is 0. The Labute approximate surface area is 119 Å². The molecule has 0 radical (unpaired) electrons. The van der Waals surface area contributed by atoms with Gasteiger partial charge in [-0.05, 0) is 18.6 Å². The molecule has 8 nitrogen and oxygen atoms in total. The molecular weight excluding hydrogens is 276 g/mol. The molecule has 0 unspecified atom stereocenters. The lowest BCUT2D eigenvalue weighted by Gasteiger charge is -2.07. The van der Waals surface area contributed by atoms with Gasteiger partial charge in [-0.2, -0.15) is 5.10 Å². The minimum Gasteiger partial charge on any atom is -0.347 e. The molecule has 2 rings (SSSR count). The van der Waals surface area contributed by atoms with Gasteiger partial charge in [-0.1, -0.05) is 12.1 Å². The normalized spacial score (nSPS) is 10.1. The fourth-order valence-electron chi connectivity index (χ4n) is 1.80. The van der Waals surface area contributed by atoms with Crippen molar-refractivity contribution in [3.63, 3.8) is 0 Å². The van der Waals surface area contributed by atoms with Gasteiger partial charge in [0.15, 0.2) is 0 Å². The summed E-state index contributed by atoms with van der Waals surface area (Å²) in [4.78, 5) is 33.1. The molecule has 2 N–H and O–H groups in total. The lowest BCUT2D eigenvalue weighted by molar-refractivity contribution is -0.385. The summed E-state index contributed by atoms with van der Waals surface area (Å²) in [5, 5.41) is 19.2. The number of benzene rings is 1. The van der Waals surface area contributed by atoms with E-state index in [1.807, 2.05) is 0 Å². The molecule has 0 atom stereocenters. The maximum absolute atomic E-state index is 11.8. The smallest absolute Gasteiger partial charge is 0.272 e. The van der Waals surface area contributed by atoms with Crippen LogP contribution in [0.5, 0.6) is 0 Å². The van der Waals surface area contributed by atoms with Crippen LogP contribution in [0, 0.1) is 17.0 Å². The highest BCUT2D eigenvalue weighted by Gasteiger charge is 2.14. The summed E-state index contributed by atoms with van der Waals surface area (Å²) < 4.78 is 0. The van der Waals surface area contributed by atoms with Gasteiger partial charge in [0, 0.05) is 24.2 Å². The van der Waals surface area contributed by atoms with Crippen LogP contribution in [0.4, 0.5) is 5.69 Å². The summed E-state index contributed by atoms with van der Waals surface area (Å²) in [6.45, 7) is 1.75. The first-order valence-corrected chi connectivity index (χ1v) is 6.06. The zero-order valence-electron chi connectivity index (χ0n) is 11.1. The Morgan fingerprint density at radius 3 is 2.76 bits per heavy atom. The highest BCUT2D eigenvalue weighted by molar-refractivity contribution is 5.91. The van der Waals surface area contributed by atoms with Gasteiger partial charge in [0.25, 0.3) is 17.2 Å². The Bertz CT molecular complexity index is 734. The topological polar surface area (TPSA) is 118 Å². The van der Waals surface area contributed by atoms with Crippen LogP contribution in [0.25, 0.3) is 0 Å². The minimum absolute atomic E-state index is 0.00363. The van der Waals surface area contributed by atoms with Gasteiger partial charge in [0.2, 0.25) is 0 Å². The molecule has 0 bridgehead atoms. The lowest BCUT2D eigenvalue weighted by Crippen LogP contribution is -2.25. The number of hydrogen-bond donors (Lipinski definition) is 2. The molecule has 2 aromatic rings. The number of H-pyrrole nitrogens is 1. The largest absolute Gasteiger partial charge is 0.347 e. The number of hydrogen-bond acceptors (Lipinski definition) is 5. The van der Waals surface area contributed by atoms with E-state index in [4.69, 9.17) is 0 Å². The van der Waals surface area contributed by atoms with Gasteiger partial charge < -0.3 is 5.32 Å². The third kappa shape index (κ3) is 3.30. The number of aromatic nitrogens is 2. The summed E-state index contributed by atoms with van der Waals surface area (Å²) in [7, 11) is 0. The number of carbonyl (C=O) groups is 1. The van der Waals surface area contributed by atoms with Crippen molar-refractivity contribution in [3.05, 3.63) is 67.6 Å². The van der Waals surface area contributed by atoms with Crippen LogP contribution in [-0.2, 0) is 6.54 Å². The second-order valence-corrected chi connectivity index (χ2v) is 4.31. The van der Waals surface area contributed by atoms with E-state index in [0.29, 0.717) is 11.1 Å². The fourth-order valence-corrected chi connectivity index (χ4v) is 1.80. The monoisotopic (exact) mass is 288 g/mol. The Morgan fingerprint density at radius 2 is 2.14 bits per heavy atom. The van der Waals surface area contributed by atoms with Crippen molar-refractivity contribution in [2.75, 3.05) is 0 Å². The fraction of sp³-hybridized carbons (Fsp3) is 0.154. The number of nitrogens with one attached hydrogen (secondary N) is 2.